The molecule has 1 aliphatic rings. The maximum absolute atomic E-state index is 13.4. The van der Waals surface area contributed by atoms with Crippen molar-refractivity contribution in [2.45, 2.75) is 31.3 Å². The van der Waals surface area contributed by atoms with Crippen LogP contribution in [0.25, 0.3) is 0 Å². The van der Waals surface area contributed by atoms with Crippen LogP contribution in [0.15, 0.2) is 24.3 Å². The zero-order chi connectivity index (χ0) is 12.3. The van der Waals surface area contributed by atoms with Crippen LogP contribution in [0.1, 0.15) is 24.8 Å². The first-order valence-electron chi connectivity index (χ1n) is 6.26. The number of benzene rings is 1. The first-order chi connectivity index (χ1) is 8.14. The van der Waals surface area contributed by atoms with Crippen molar-refractivity contribution in [1.82, 2.24) is 10.2 Å². The fourth-order valence-corrected chi connectivity index (χ4v) is 2.44. The third-order valence-electron chi connectivity index (χ3n) is 3.96. The van der Waals surface area contributed by atoms with Gasteiger partial charge in [-0.2, -0.15) is 0 Å². The van der Waals surface area contributed by atoms with Crippen LogP contribution in [-0.2, 0) is 6.54 Å². The van der Waals surface area contributed by atoms with Crippen LogP contribution in [0.4, 0.5) is 4.39 Å². The summed E-state index contributed by atoms with van der Waals surface area (Å²) in [5, 5.41) is 3.38. The number of rotatable bonds is 5. The summed E-state index contributed by atoms with van der Waals surface area (Å²) in [6, 6.07) is 6.96. The second-order valence-electron chi connectivity index (χ2n) is 5.17. The van der Waals surface area contributed by atoms with Crippen LogP contribution in [0, 0.1) is 5.82 Å². The van der Waals surface area contributed by atoms with Crippen molar-refractivity contribution < 1.29 is 4.39 Å². The van der Waals surface area contributed by atoms with Crippen LogP contribution < -0.4 is 5.32 Å². The van der Waals surface area contributed by atoms with E-state index in [4.69, 9.17) is 0 Å². The standard InChI is InChI=1S/C14H21FN2/c1-17(2)14(8-5-9-14)11-16-10-12-6-3-4-7-13(12)15/h3-4,6-7,16H,5,8-11H2,1-2H3. The molecular weight excluding hydrogens is 215 g/mol. The topological polar surface area (TPSA) is 15.3 Å². The number of halogens is 1. The number of nitrogens with zero attached hydrogens (tertiary/aromatic N) is 1. The molecule has 0 heterocycles. The van der Waals surface area contributed by atoms with Crippen molar-refractivity contribution in [2.24, 2.45) is 0 Å². The number of hydrogen-bond acceptors (Lipinski definition) is 2. The fraction of sp³-hybridized carbons (Fsp3) is 0.571. The highest BCUT2D eigenvalue weighted by atomic mass is 19.1. The lowest BCUT2D eigenvalue weighted by Gasteiger charge is -2.47. The quantitative estimate of drug-likeness (QED) is 0.844. The van der Waals surface area contributed by atoms with Crippen LogP contribution in [0.5, 0.6) is 0 Å². The van der Waals surface area contributed by atoms with Gasteiger partial charge in [0.15, 0.2) is 0 Å². The third kappa shape index (κ3) is 2.67. The zero-order valence-corrected chi connectivity index (χ0v) is 10.7. The second-order valence-corrected chi connectivity index (χ2v) is 5.17. The van der Waals surface area contributed by atoms with Gasteiger partial charge in [0.25, 0.3) is 0 Å². The zero-order valence-electron chi connectivity index (χ0n) is 10.7. The molecule has 0 aromatic heterocycles. The Bertz CT molecular complexity index is 372. The van der Waals surface area contributed by atoms with E-state index < -0.39 is 0 Å². The van der Waals surface area contributed by atoms with Gasteiger partial charge < -0.3 is 10.2 Å². The van der Waals surface area contributed by atoms with Gasteiger partial charge in [-0.25, -0.2) is 4.39 Å². The normalized spacial score (nSPS) is 18.1. The average Bonchev–Trinajstić information content (AvgIpc) is 2.23. The molecule has 0 bridgehead atoms. The van der Waals surface area contributed by atoms with Crippen LogP contribution >= 0.6 is 0 Å². The van der Waals surface area contributed by atoms with Crippen LogP contribution in [0.2, 0.25) is 0 Å². The van der Waals surface area contributed by atoms with E-state index in [-0.39, 0.29) is 5.82 Å². The average molecular weight is 236 g/mol. The summed E-state index contributed by atoms with van der Waals surface area (Å²) in [6.07, 6.45) is 3.79. The Hall–Kier alpha value is -0.930. The van der Waals surface area contributed by atoms with E-state index in [1.807, 2.05) is 12.1 Å². The summed E-state index contributed by atoms with van der Waals surface area (Å²) in [4.78, 5) is 2.30. The number of likely N-dealkylation sites (N-methyl/N-ethyl adjacent to an activating group) is 1. The highest BCUT2D eigenvalue weighted by molar-refractivity contribution is 5.17. The number of hydrogen-bond donors (Lipinski definition) is 1. The molecule has 0 spiro atoms. The molecule has 1 aliphatic carbocycles. The lowest BCUT2D eigenvalue weighted by molar-refractivity contribution is 0.0597. The summed E-state index contributed by atoms with van der Waals surface area (Å²) in [6.45, 7) is 1.55. The lowest BCUT2D eigenvalue weighted by atomic mass is 9.75. The van der Waals surface area contributed by atoms with Crippen LogP contribution in [0.3, 0.4) is 0 Å². The maximum Gasteiger partial charge on any atom is 0.127 e. The van der Waals surface area contributed by atoms with Gasteiger partial charge in [-0.05, 0) is 39.4 Å². The van der Waals surface area contributed by atoms with Crippen molar-refractivity contribution in [3.05, 3.63) is 35.6 Å². The Morgan fingerprint density at radius 3 is 2.53 bits per heavy atom. The molecular formula is C14H21FN2. The Balaban J connectivity index is 1.85. The van der Waals surface area contributed by atoms with Gasteiger partial charge >= 0.3 is 0 Å². The lowest BCUT2D eigenvalue weighted by Crippen LogP contribution is -2.56. The molecule has 94 valence electrons. The molecule has 1 aromatic carbocycles. The molecule has 17 heavy (non-hydrogen) atoms. The fourth-order valence-electron chi connectivity index (χ4n) is 2.44. The molecule has 2 nitrogen and oxygen atoms in total. The first-order valence-corrected chi connectivity index (χ1v) is 6.26. The summed E-state index contributed by atoms with van der Waals surface area (Å²) in [5.41, 5.74) is 1.05. The van der Waals surface area contributed by atoms with E-state index >= 15 is 0 Å². The Kier molecular flexibility index (Phi) is 3.79. The monoisotopic (exact) mass is 236 g/mol. The molecule has 0 atom stereocenters. The SMILES string of the molecule is CN(C)C1(CNCc2ccccc2F)CCC1. The van der Waals surface area contributed by atoms with E-state index in [0.717, 1.165) is 12.1 Å². The largest absolute Gasteiger partial charge is 0.311 e. The first kappa shape index (κ1) is 12.5. The van der Waals surface area contributed by atoms with Gasteiger partial charge in [-0.3, -0.25) is 0 Å². The van der Waals surface area contributed by atoms with E-state index in [2.05, 4.69) is 24.3 Å². The van der Waals surface area contributed by atoms with Gasteiger partial charge in [-0.1, -0.05) is 18.2 Å². The summed E-state index contributed by atoms with van der Waals surface area (Å²) < 4.78 is 13.4. The van der Waals surface area contributed by atoms with E-state index in [9.17, 15) is 4.39 Å². The highest BCUT2D eigenvalue weighted by Gasteiger charge is 2.38. The molecule has 0 unspecified atom stereocenters. The van der Waals surface area contributed by atoms with E-state index in [1.165, 1.54) is 25.3 Å². The smallest absolute Gasteiger partial charge is 0.127 e. The molecule has 3 heteroatoms. The molecule has 0 radical (unpaired) electrons. The van der Waals surface area contributed by atoms with Crippen molar-refractivity contribution in [3.8, 4) is 0 Å². The molecule has 1 saturated carbocycles. The predicted molar refractivity (Wildman–Crippen MR) is 68.4 cm³/mol. The maximum atomic E-state index is 13.4. The van der Waals surface area contributed by atoms with Crippen molar-refractivity contribution in [3.63, 3.8) is 0 Å². The second kappa shape index (κ2) is 5.15. The minimum atomic E-state index is -0.118. The predicted octanol–water partition coefficient (Wildman–Crippen LogP) is 2.40. The van der Waals surface area contributed by atoms with Gasteiger partial charge in [-0.15, -0.1) is 0 Å². The molecule has 0 amide bonds. The molecule has 1 aromatic rings. The Morgan fingerprint density at radius 2 is 2.00 bits per heavy atom. The van der Waals surface area contributed by atoms with E-state index in [0.29, 0.717) is 12.1 Å². The van der Waals surface area contributed by atoms with Gasteiger partial charge in [0, 0.05) is 24.2 Å². The van der Waals surface area contributed by atoms with Crippen molar-refractivity contribution >= 4 is 0 Å². The third-order valence-corrected chi connectivity index (χ3v) is 3.96. The van der Waals surface area contributed by atoms with Gasteiger partial charge in [0.1, 0.15) is 5.82 Å². The summed E-state index contributed by atoms with van der Waals surface area (Å²) >= 11 is 0. The van der Waals surface area contributed by atoms with E-state index in [1.54, 1.807) is 6.07 Å². The highest BCUT2D eigenvalue weighted by Crippen LogP contribution is 2.35. The number of nitrogens with one attached hydrogen (secondary N) is 1. The molecule has 1 N–H and O–H groups in total. The van der Waals surface area contributed by atoms with Gasteiger partial charge in [0.05, 0.1) is 0 Å². The van der Waals surface area contributed by atoms with Gasteiger partial charge in [0.2, 0.25) is 0 Å². The minimum absolute atomic E-state index is 0.118. The summed E-state index contributed by atoms with van der Waals surface area (Å²) in [7, 11) is 4.26. The Morgan fingerprint density at radius 1 is 1.29 bits per heavy atom. The molecule has 0 saturated heterocycles. The molecule has 0 aliphatic heterocycles. The molecule has 2 rings (SSSR count). The Labute approximate surface area is 103 Å². The van der Waals surface area contributed by atoms with Crippen molar-refractivity contribution in [2.75, 3.05) is 20.6 Å². The summed E-state index contributed by atoms with van der Waals surface area (Å²) in [5.74, 6) is -0.118. The van der Waals surface area contributed by atoms with Crippen LogP contribution in [-0.4, -0.2) is 31.1 Å². The molecule has 1 fully saturated rings. The minimum Gasteiger partial charge on any atom is -0.311 e. The van der Waals surface area contributed by atoms with Crippen molar-refractivity contribution in [1.29, 1.82) is 0 Å².